The summed E-state index contributed by atoms with van der Waals surface area (Å²) in [5, 5.41) is 8.64. The molecule has 1 heterocycles. The molecule has 2 amide bonds. The third-order valence-electron chi connectivity index (χ3n) is 3.23. The van der Waals surface area contributed by atoms with Crippen LogP contribution in [0, 0.1) is 0 Å². The van der Waals surface area contributed by atoms with Crippen LogP contribution in [-0.4, -0.2) is 17.9 Å². The Morgan fingerprint density at radius 2 is 1.86 bits per heavy atom. The standard InChI is InChI=1S/C15H12Cl2N2O2S/c16-11-4-1-8(7-12(11)17)13(20)19-15-10(5-6-22-15)14(21)18-9-2-3-9/h1,4-7,9H,2-3H2,(H,18,21)(H,19,20). The molecule has 1 fully saturated rings. The van der Waals surface area contributed by atoms with Crippen molar-refractivity contribution < 1.29 is 9.59 Å². The van der Waals surface area contributed by atoms with Crippen molar-refractivity contribution >= 4 is 51.4 Å². The van der Waals surface area contributed by atoms with E-state index in [2.05, 4.69) is 10.6 Å². The fraction of sp³-hybridized carbons (Fsp3) is 0.200. The van der Waals surface area contributed by atoms with Gasteiger partial charge in [-0.25, -0.2) is 0 Å². The number of nitrogens with one attached hydrogen (secondary N) is 2. The zero-order valence-corrected chi connectivity index (χ0v) is 13.7. The van der Waals surface area contributed by atoms with Crippen LogP contribution in [0.1, 0.15) is 33.6 Å². The van der Waals surface area contributed by atoms with E-state index in [9.17, 15) is 9.59 Å². The number of halogens is 2. The van der Waals surface area contributed by atoms with Crippen LogP contribution in [-0.2, 0) is 0 Å². The summed E-state index contributed by atoms with van der Waals surface area (Å²) in [6, 6.07) is 6.62. The Morgan fingerprint density at radius 1 is 1.09 bits per heavy atom. The fourth-order valence-electron chi connectivity index (χ4n) is 1.89. The zero-order chi connectivity index (χ0) is 15.7. The van der Waals surface area contributed by atoms with Crippen LogP contribution < -0.4 is 10.6 Å². The molecule has 1 aliphatic rings. The van der Waals surface area contributed by atoms with Crippen molar-refractivity contribution in [2.24, 2.45) is 0 Å². The van der Waals surface area contributed by atoms with E-state index in [4.69, 9.17) is 23.2 Å². The number of thiophene rings is 1. The van der Waals surface area contributed by atoms with E-state index in [0.29, 0.717) is 26.2 Å². The Bertz CT molecular complexity index is 741. The normalized spacial score (nSPS) is 13.7. The minimum Gasteiger partial charge on any atom is -0.349 e. The minimum atomic E-state index is -0.332. The molecule has 114 valence electrons. The molecule has 1 aliphatic carbocycles. The second kappa shape index (κ2) is 6.28. The van der Waals surface area contributed by atoms with Crippen molar-refractivity contribution in [2.45, 2.75) is 18.9 Å². The molecule has 0 saturated heterocycles. The van der Waals surface area contributed by atoms with Gasteiger partial charge in [0, 0.05) is 11.6 Å². The van der Waals surface area contributed by atoms with Crippen LogP contribution >= 0.6 is 34.5 Å². The van der Waals surface area contributed by atoms with Crippen molar-refractivity contribution in [3.8, 4) is 0 Å². The molecule has 0 radical (unpaired) electrons. The first-order valence-corrected chi connectivity index (χ1v) is 8.33. The topological polar surface area (TPSA) is 58.2 Å². The van der Waals surface area contributed by atoms with E-state index in [0.717, 1.165) is 12.8 Å². The number of hydrogen-bond acceptors (Lipinski definition) is 3. The molecule has 2 N–H and O–H groups in total. The number of benzene rings is 1. The summed E-state index contributed by atoms with van der Waals surface area (Å²) in [7, 11) is 0. The summed E-state index contributed by atoms with van der Waals surface area (Å²) in [6.07, 6.45) is 2.03. The second-order valence-electron chi connectivity index (χ2n) is 4.99. The molecule has 1 saturated carbocycles. The van der Waals surface area contributed by atoms with Crippen LogP contribution in [0.15, 0.2) is 29.6 Å². The largest absolute Gasteiger partial charge is 0.349 e. The van der Waals surface area contributed by atoms with Gasteiger partial charge in [-0.15, -0.1) is 11.3 Å². The van der Waals surface area contributed by atoms with Gasteiger partial charge in [0.2, 0.25) is 0 Å². The van der Waals surface area contributed by atoms with E-state index < -0.39 is 0 Å². The number of anilines is 1. The summed E-state index contributed by atoms with van der Waals surface area (Å²) in [4.78, 5) is 24.3. The van der Waals surface area contributed by atoms with Crippen molar-refractivity contribution in [3.05, 3.63) is 50.8 Å². The summed E-state index contributed by atoms with van der Waals surface area (Å²) in [5.41, 5.74) is 0.863. The molecule has 2 aromatic rings. The van der Waals surface area contributed by atoms with E-state index in [1.54, 1.807) is 23.6 Å². The summed E-state index contributed by atoms with van der Waals surface area (Å²) < 4.78 is 0. The molecule has 1 aromatic carbocycles. The number of carbonyl (C=O) groups is 2. The Morgan fingerprint density at radius 3 is 2.55 bits per heavy atom. The molecule has 0 unspecified atom stereocenters. The number of amides is 2. The van der Waals surface area contributed by atoms with Crippen molar-refractivity contribution in [2.75, 3.05) is 5.32 Å². The van der Waals surface area contributed by atoms with E-state index >= 15 is 0 Å². The lowest BCUT2D eigenvalue weighted by molar-refractivity contribution is 0.0952. The van der Waals surface area contributed by atoms with Crippen molar-refractivity contribution in [1.82, 2.24) is 5.32 Å². The quantitative estimate of drug-likeness (QED) is 0.864. The van der Waals surface area contributed by atoms with Gasteiger partial charge in [0.15, 0.2) is 0 Å². The van der Waals surface area contributed by atoms with Crippen LogP contribution in [0.4, 0.5) is 5.00 Å². The number of rotatable bonds is 4. The lowest BCUT2D eigenvalue weighted by Gasteiger charge is -2.07. The van der Waals surface area contributed by atoms with E-state index in [-0.39, 0.29) is 17.9 Å². The zero-order valence-electron chi connectivity index (χ0n) is 11.4. The molecule has 0 bridgehead atoms. The molecular weight excluding hydrogens is 343 g/mol. The van der Waals surface area contributed by atoms with Gasteiger partial charge < -0.3 is 10.6 Å². The summed E-state index contributed by atoms with van der Waals surface area (Å²) in [5.74, 6) is -0.491. The first-order valence-electron chi connectivity index (χ1n) is 6.69. The third-order valence-corrected chi connectivity index (χ3v) is 4.80. The van der Waals surface area contributed by atoms with Crippen molar-refractivity contribution in [3.63, 3.8) is 0 Å². The molecule has 1 aromatic heterocycles. The maximum absolute atomic E-state index is 12.2. The highest BCUT2D eigenvalue weighted by Gasteiger charge is 2.25. The van der Waals surface area contributed by atoms with Gasteiger partial charge in [0.25, 0.3) is 11.8 Å². The highest BCUT2D eigenvalue weighted by atomic mass is 35.5. The van der Waals surface area contributed by atoms with E-state index in [1.165, 1.54) is 17.4 Å². The van der Waals surface area contributed by atoms with Crippen LogP contribution in [0.5, 0.6) is 0 Å². The Hall–Kier alpha value is -1.56. The Kier molecular flexibility index (Phi) is 4.38. The maximum atomic E-state index is 12.2. The molecular formula is C15H12Cl2N2O2S. The smallest absolute Gasteiger partial charge is 0.256 e. The summed E-state index contributed by atoms with van der Waals surface area (Å²) >= 11 is 13.1. The average molecular weight is 355 g/mol. The van der Waals surface area contributed by atoms with Gasteiger partial charge in [-0.2, -0.15) is 0 Å². The molecule has 0 aliphatic heterocycles. The summed E-state index contributed by atoms with van der Waals surface area (Å²) in [6.45, 7) is 0. The monoisotopic (exact) mass is 354 g/mol. The fourth-order valence-corrected chi connectivity index (χ4v) is 2.97. The molecule has 4 nitrogen and oxygen atoms in total. The molecule has 3 rings (SSSR count). The van der Waals surface area contributed by atoms with Gasteiger partial charge in [-0.1, -0.05) is 23.2 Å². The lowest BCUT2D eigenvalue weighted by atomic mass is 10.2. The second-order valence-corrected chi connectivity index (χ2v) is 6.72. The van der Waals surface area contributed by atoms with Gasteiger partial charge in [0.05, 0.1) is 15.6 Å². The number of carbonyl (C=O) groups excluding carboxylic acids is 2. The highest BCUT2D eigenvalue weighted by molar-refractivity contribution is 7.14. The van der Waals surface area contributed by atoms with Gasteiger partial charge in [-0.05, 0) is 42.5 Å². The van der Waals surface area contributed by atoms with Gasteiger partial charge >= 0.3 is 0 Å². The SMILES string of the molecule is O=C(Nc1sccc1C(=O)NC1CC1)c1ccc(Cl)c(Cl)c1. The minimum absolute atomic E-state index is 0.159. The van der Waals surface area contributed by atoms with Crippen LogP contribution in [0.3, 0.4) is 0 Å². The maximum Gasteiger partial charge on any atom is 0.256 e. The molecule has 22 heavy (non-hydrogen) atoms. The highest BCUT2D eigenvalue weighted by Crippen LogP contribution is 2.27. The van der Waals surface area contributed by atoms with Gasteiger partial charge in [0.1, 0.15) is 5.00 Å². The van der Waals surface area contributed by atoms with Crippen LogP contribution in [0.2, 0.25) is 10.0 Å². The lowest BCUT2D eigenvalue weighted by Crippen LogP contribution is -2.26. The first-order chi connectivity index (χ1) is 10.5. The Labute approximate surface area is 141 Å². The Balaban J connectivity index is 1.75. The third kappa shape index (κ3) is 3.43. The van der Waals surface area contributed by atoms with Gasteiger partial charge in [-0.3, -0.25) is 9.59 Å². The predicted octanol–water partition coefficient (Wildman–Crippen LogP) is 4.20. The van der Waals surface area contributed by atoms with Crippen molar-refractivity contribution in [1.29, 1.82) is 0 Å². The predicted molar refractivity (Wildman–Crippen MR) is 89.2 cm³/mol. The van der Waals surface area contributed by atoms with E-state index in [1.807, 2.05) is 0 Å². The van der Waals surface area contributed by atoms with Crippen LogP contribution in [0.25, 0.3) is 0 Å². The first kappa shape index (κ1) is 15.3. The average Bonchev–Trinajstić information content (AvgIpc) is 3.17. The molecule has 0 atom stereocenters. The molecule has 0 spiro atoms. The molecule has 7 heteroatoms. The number of hydrogen-bond donors (Lipinski definition) is 2.